The first-order valence-electron chi connectivity index (χ1n) is 18.4. The molecule has 2 aromatic heterocycles. The molecule has 1 aliphatic heterocycles. The van der Waals surface area contributed by atoms with E-state index in [1.165, 1.54) is 48.7 Å². The lowest BCUT2D eigenvalue weighted by molar-refractivity contribution is 0.664. The maximum absolute atomic E-state index is 6.71. The first-order valence-corrected chi connectivity index (χ1v) is 19.2. The standard InChI is InChI=1S/C50H31NO2S/c1-30-13-2-8-20-42(30)51(43-21-12-17-36-34-15-4-10-23-45(34)53-49(36)43)31-25-26-33-32-14-3-6-18-38(32)50(40(33)27-31)39-19-7-11-24-47(39)54-48-29-46-37(28-41(48)50)35-16-5-9-22-44(35)52-46/h2-29H,1H3. The highest BCUT2D eigenvalue weighted by atomic mass is 32.2. The summed E-state index contributed by atoms with van der Waals surface area (Å²) in [7, 11) is 0. The molecule has 0 saturated heterocycles. The van der Waals surface area contributed by atoms with Crippen LogP contribution in [-0.2, 0) is 5.41 Å². The van der Waals surface area contributed by atoms with Crippen molar-refractivity contribution in [1.82, 2.24) is 0 Å². The van der Waals surface area contributed by atoms with Gasteiger partial charge in [-0.2, -0.15) is 0 Å². The Hall–Kier alpha value is -6.49. The first kappa shape index (κ1) is 30.0. The molecule has 0 amide bonds. The van der Waals surface area contributed by atoms with Gasteiger partial charge in [-0.1, -0.05) is 127 Å². The maximum Gasteiger partial charge on any atom is 0.159 e. The quantitative estimate of drug-likeness (QED) is 0.183. The minimum absolute atomic E-state index is 0.561. The molecule has 1 unspecified atom stereocenters. The molecular formula is C50H31NO2S. The Kier molecular flexibility index (Phi) is 6.12. The number of hydrogen-bond donors (Lipinski definition) is 0. The van der Waals surface area contributed by atoms with Crippen molar-refractivity contribution < 1.29 is 8.83 Å². The lowest BCUT2D eigenvalue weighted by Crippen LogP contribution is -2.32. The molecule has 0 radical (unpaired) electrons. The van der Waals surface area contributed by atoms with Crippen LogP contribution in [0.3, 0.4) is 0 Å². The van der Waals surface area contributed by atoms with E-state index in [9.17, 15) is 0 Å². The van der Waals surface area contributed by atoms with Gasteiger partial charge in [0.15, 0.2) is 5.58 Å². The molecule has 12 rings (SSSR count). The van der Waals surface area contributed by atoms with E-state index < -0.39 is 5.41 Å². The van der Waals surface area contributed by atoms with Crippen LogP contribution in [-0.4, -0.2) is 0 Å². The van der Waals surface area contributed by atoms with Crippen LogP contribution in [0.5, 0.6) is 0 Å². The predicted molar refractivity (Wildman–Crippen MR) is 222 cm³/mol. The minimum atomic E-state index is -0.561. The Balaban J connectivity index is 1.19. The van der Waals surface area contributed by atoms with Gasteiger partial charge in [0.05, 0.1) is 11.1 Å². The second-order valence-corrected chi connectivity index (χ2v) is 15.5. The molecule has 0 bridgehead atoms. The van der Waals surface area contributed by atoms with E-state index in [2.05, 4.69) is 170 Å². The fourth-order valence-corrected chi connectivity index (χ4v) is 10.6. The fraction of sp³-hybridized carbons (Fsp3) is 0.0400. The van der Waals surface area contributed by atoms with E-state index in [1.807, 2.05) is 23.9 Å². The molecule has 2 aliphatic rings. The average molecular weight is 710 g/mol. The number of nitrogens with zero attached hydrogens (tertiary/aromatic N) is 1. The fourth-order valence-electron chi connectivity index (χ4n) is 9.38. The zero-order valence-corrected chi connectivity index (χ0v) is 30.2. The molecule has 3 nitrogen and oxygen atoms in total. The molecule has 54 heavy (non-hydrogen) atoms. The van der Waals surface area contributed by atoms with Crippen molar-refractivity contribution in [1.29, 1.82) is 0 Å². The summed E-state index contributed by atoms with van der Waals surface area (Å²) in [5, 5.41) is 4.51. The van der Waals surface area contributed by atoms with Crippen LogP contribution >= 0.6 is 11.8 Å². The Morgan fingerprint density at radius 1 is 0.444 bits per heavy atom. The Morgan fingerprint density at radius 2 is 1.11 bits per heavy atom. The number of fused-ring (bicyclic) bond motifs is 15. The van der Waals surface area contributed by atoms with Gasteiger partial charge in [-0.15, -0.1) is 0 Å². The number of benzene rings is 8. The highest BCUT2D eigenvalue weighted by Gasteiger charge is 2.50. The van der Waals surface area contributed by atoms with E-state index in [4.69, 9.17) is 8.83 Å². The topological polar surface area (TPSA) is 29.5 Å². The molecule has 1 spiro atoms. The second kappa shape index (κ2) is 11.0. The van der Waals surface area contributed by atoms with E-state index in [0.29, 0.717) is 0 Å². The van der Waals surface area contributed by atoms with E-state index >= 15 is 0 Å². The normalized spacial score (nSPS) is 15.5. The number of hydrogen-bond acceptors (Lipinski definition) is 4. The van der Waals surface area contributed by atoms with Gasteiger partial charge in [-0.25, -0.2) is 0 Å². The monoisotopic (exact) mass is 709 g/mol. The Labute approximate surface area is 316 Å². The summed E-state index contributed by atoms with van der Waals surface area (Å²) >= 11 is 1.84. The minimum Gasteiger partial charge on any atom is -0.456 e. The number of anilines is 3. The zero-order valence-electron chi connectivity index (χ0n) is 29.3. The van der Waals surface area contributed by atoms with Crippen molar-refractivity contribution in [3.8, 4) is 11.1 Å². The van der Waals surface area contributed by atoms with Crippen LogP contribution in [0.15, 0.2) is 188 Å². The van der Waals surface area contributed by atoms with Crippen molar-refractivity contribution >= 4 is 72.7 Å². The third-order valence-electron chi connectivity index (χ3n) is 11.7. The summed E-state index contributed by atoms with van der Waals surface area (Å²) in [6.07, 6.45) is 0. The van der Waals surface area contributed by atoms with Gasteiger partial charge < -0.3 is 13.7 Å². The van der Waals surface area contributed by atoms with Crippen molar-refractivity contribution in [2.75, 3.05) is 4.90 Å². The van der Waals surface area contributed by atoms with Crippen LogP contribution in [0.1, 0.15) is 27.8 Å². The average Bonchev–Trinajstić information content (AvgIpc) is 3.87. The van der Waals surface area contributed by atoms with Crippen LogP contribution in [0, 0.1) is 6.92 Å². The number of furan rings is 2. The maximum atomic E-state index is 6.71. The summed E-state index contributed by atoms with van der Waals surface area (Å²) in [4.78, 5) is 4.88. The van der Waals surface area contributed by atoms with Crippen LogP contribution in [0.2, 0.25) is 0 Å². The number of para-hydroxylation sites is 4. The van der Waals surface area contributed by atoms with Gasteiger partial charge in [-0.3, -0.25) is 0 Å². The van der Waals surface area contributed by atoms with Crippen LogP contribution in [0.4, 0.5) is 17.1 Å². The van der Waals surface area contributed by atoms with Crippen LogP contribution in [0.25, 0.3) is 55.0 Å². The molecule has 10 aromatic rings. The predicted octanol–water partition coefficient (Wildman–Crippen LogP) is 14.1. The highest BCUT2D eigenvalue weighted by molar-refractivity contribution is 7.99. The summed E-state index contributed by atoms with van der Waals surface area (Å²) in [6, 6.07) is 61.7. The lowest BCUT2D eigenvalue weighted by Gasteiger charge is -2.40. The molecule has 0 fully saturated rings. The summed E-state index contributed by atoms with van der Waals surface area (Å²) < 4.78 is 13.2. The largest absolute Gasteiger partial charge is 0.456 e. The van der Waals surface area contributed by atoms with Crippen molar-refractivity contribution in [3.63, 3.8) is 0 Å². The molecule has 1 atom stereocenters. The Bertz CT molecular complexity index is 3190. The van der Waals surface area contributed by atoms with Gasteiger partial charge in [0.2, 0.25) is 0 Å². The van der Waals surface area contributed by atoms with Crippen LogP contribution < -0.4 is 4.90 Å². The molecule has 1 aliphatic carbocycles. The van der Waals surface area contributed by atoms with Gasteiger partial charge in [0.1, 0.15) is 16.7 Å². The first-order chi connectivity index (χ1) is 26.7. The highest BCUT2D eigenvalue weighted by Crippen LogP contribution is 2.63. The number of rotatable bonds is 3. The second-order valence-electron chi connectivity index (χ2n) is 14.4. The molecule has 4 heteroatoms. The molecule has 3 heterocycles. The lowest BCUT2D eigenvalue weighted by atomic mass is 9.67. The van der Waals surface area contributed by atoms with E-state index in [1.54, 1.807) is 0 Å². The van der Waals surface area contributed by atoms with Gasteiger partial charge >= 0.3 is 0 Å². The third-order valence-corrected chi connectivity index (χ3v) is 12.8. The van der Waals surface area contributed by atoms with Crippen molar-refractivity contribution in [2.24, 2.45) is 0 Å². The smallest absolute Gasteiger partial charge is 0.159 e. The summed E-state index contributed by atoms with van der Waals surface area (Å²) in [5.74, 6) is 0. The van der Waals surface area contributed by atoms with E-state index in [0.717, 1.165) is 60.9 Å². The van der Waals surface area contributed by atoms with Crippen molar-refractivity contribution in [2.45, 2.75) is 22.1 Å². The van der Waals surface area contributed by atoms with Gasteiger partial charge in [-0.05, 0) is 100 Å². The third kappa shape index (κ3) is 3.93. The molecular weight excluding hydrogens is 679 g/mol. The zero-order chi connectivity index (χ0) is 35.5. The molecule has 8 aromatic carbocycles. The molecule has 254 valence electrons. The molecule has 0 N–H and O–H groups in total. The summed E-state index contributed by atoms with van der Waals surface area (Å²) in [5.41, 5.74) is 15.1. The SMILES string of the molecule is Cc1ccccc1N(c1ccc2c(c1)C1(c3ccccc3Sc3cc4oc5ccccc5c4cc31)c1ccccc1-2)c1cccc2c1oc1ccccc12. The van der Waals surface area contributed by atoms with Crippen molar-refractivity contribution in [3.05, 3.63) is 198 Å². The number of aryl methyl sites for hydroxylation is 1. The van der Waals surface area contributed by atoms with E-state index in [-0.39, 0.29) is 0 Å². The van der Waals surface area contributed by atoms with Gasteiger partial charge in [0.25, 0.3) is 0 Å². The summed E-state index contributed by atoms with van der Waals surface area (Å²) in [6.45, 7) is 2.19. The van der Waals surface area contributed by atoms with Gasteiger partial charge in [0, 0.05) is 42.7 Å². The Morgan fingerprint density at radius 3 is 1.98 bits per heavy atom. The molecule has 0 saturated carbocycles.